The van der Waals surface area contributed by atoms with Crippen molar-refractivity contribution in [2.24, 2.45) is 0 Å². The molecule has 0 saturated heterocycles. The lowest BCUT2D eigenvalue weighted by molar-refractivity contribution is -0.125. The van der Waals surface area contributed by atoms with Crippen molar-refractivity contribution in [1.29, 1.82) is 0 Å². The molecule has 3 aromatic carbocycles. The van der Waals surface area contributed by atoms with Gasteiger partial charge >= 0.3 is 5.97 Å². The Morgan fingerprint density at radius 1 is 0.917 bits per heavy atom. The normalized spacial score (nSPS) is 10.7. The molecule has 3 rings (SSSR count). The predicted molar refractivity (Wildman–Crippen MR) is 135 cm³/mol. The van der Waals surface area contributed by atoms with E-state index in [4.69, 9.17) is 16.3 Å². The Balaban J connectivity index is 1.67. The summed E-state index contributed by atoms with van der Waals surface area (Å²) in [5, 5.41) is 0.226. The lowest BCUT2D eigenvalue weighted by Gasteiger charge is -2.24. The summed E-state index contributed by atoms with van der Waals surface area (Å²) in [5.41, 5.74) is 4.83. The molecule has 2 amide bonds. The van der Waals surface area contributed by atoms with Crippen LogP contribution in [0.3, 0.4) is 0 Å². The van der Waals surface area contributed by atoms with Gasteiger partial charge in [0.15, 0.2) is 6.61 Å². The van der Waals surface area contributed by atoms with Crippen molar-refractivity contribution >= 4 is 45.1 Å². The number of anilines is 1. The molecule has 9 nitrogen and oxygen atoms in total. The lowest BCUT2D eigenvalue weighted by Crippen LogP contribution is -2.43. The van der Waals surface area contributed by atoms with Crippen LogP contribution in [0.5, 0.6) is 0 Å². The van der Waals surface area contributed by atoms with E-state index in [0.29, 0.717) is 5.56 Å². The van der Waals surface area contributed by atoms with Crippen molar-refractivity contribution in [3.63, 3.8) is 0 Å². The van der Waals surface area contributed by atoms with E-state index < -0.39 is 34.4 Å². The van der Waals surface area contributed by atoms with Crippen LogP contribution in [0.25, 0.3) is 0 Å². The van der Waals surface area contributed by atoms with Gasteiger partial charge in [-0.25, -0.2) is 13.2 Å². The first-order chi connectivity index (χ1) is 17.2. The number of carbonyl (C=O) groups is 3. The summed E-state index contributed by atoms with van der Waals surface area (Å²) < 4.78 is 32.7. The molecule has 0 aromatic heterocycles. The summed E-state index contributed by atoms with van der Waals surface area (Å²) >= 11 is 6.20. The molecule has 0 unspecified atom stereocenters. The van der Waals surface area contributed by atoms with Crippen molar-refractivity contribution in [1.82, 2.24) is 10.9 Å². The van der Waals surface area contributed by atoms with Gasteiger partial charge in [-0.2, -0.15) is 0 Å². The maximum Gasteiger partial charge on any atom is 0.338 e. The number of hydrogen-bond acceptors (Lipinski definition) is 6. The van der Waals surface area contributed by atoms with Crippen LogP contribution in [-0.4, -0.2) is 39.4 Å². The molecule has 36 heavy (non-hydrogen) atoms. The highest BCUT2D eigenvalue weighted by Crippen LogP contribution is 2.30. The lowest BCUT2D eigenvalue weighted by atomic mass is 10.2. The fourth-order valence-electron chi connectivity index (χ4n) is 3.05. The summed E-state index contributed by atoms with van der Waals surface area (Å²) in [6, 6.07) is 19.8. The molecular formula is C25H22ClN3O6S. The molecule has 0 atom stereocenters. The second kappa shape index (κ2) is 12.0. The second-order valence-electron chi connectivity index (χ2n) is 7.25. The van der Waals surface area contributed by atoms with E-state index in [9.17, 15) is 22.8 Å². The Morgan fingerprint density at radius 2 is 1.58 bits per heavy atom. The minimum Gasteiger partial charge on any atom is -0.452 e. The molecule has 0 saturated carbocycles. The summed E-state index contributed by atoms with van der Waals surface area (Å²) in [6.45, 7) is 2.84. The van der Waals surface area contributed by atoms with Crippen molar-refractivity contribution in [3.05, 3.63) is 108 Å². The Morgan fingerprint density at radius 3 is 2.28 bits per heavy atom. The maximum atomic E-state index is 13.3. The van der Waals surface area contributed by atoms with E-state index >= 15 is 0 Å². The quantitative estimate of drug-likeness (QED) is 0.250. The van der Waals surface area contributed by atoms with Gasteiger partial charge < -0.3 is 4.74 Å². The Labute approximate surface area is 213 Å². The van der Waals surface area contributed by atoms with Gasteiger partial charge in [-0.15, -0.1) is 6.58 Å². The molecule has 0 radical (unpaired) electrons. The van der Waals surface area contributed by atoms with Crippen LogP contribution in [0.2, 0.25) is 5.02 Å². The number of sulfonamides is 1. The molecule has 0 fully saturated rings. The number of rotatable bonds is 9. The zero-order valence-electron chi connectivity index (χ0n) is 18.9. The zero-order valence-corrected chi connectivity index (χ0v) is 20.5. The maximum absolute atomic E-state index is 13.3. The van der Waals surface area contributed by atoms with E-state index in [-0.39, 0.29) is 27.7 Å². The smallest absolute Gasteiger partial charge is 0.338 e. The van der Waals surface area contributed by atoms with Crippen LogP contribution in [0.15, 0.2) is 96.4 Å². The highest BCUT2D eigenvalue weighted by Gasteiger charge is 2.26. The third-order valence-corrected chi connectivity index (χ3v) is 6.85. The predicted octanol–water partition coefficient (Wildman–Crippen LogP) is 3.34. The molecule has 0 aliphatic heterocycles. The fourth-order valence-corrected chi connectivity index (χ4v) is 4.84. The molecular weight excluding hydrogens is 506 g/mol. The fraction of sp³-hybridized carbons (Fsp3) is 0.0800. The van der Waals surface area contributed by atoms with E-state index in [0.717, 1.165) is 10.4 Å². The number of ether oxygens (including phenoxy) is 1. The number of halogens is 1. The average molecular weight is 528 g/mol. The van der Waals surface area contributed by atoms with Gasteiger partial charge in [0.05, 0.1) is 27.7 Å². The van der Waals surface area contributed by atoms with Gasteiger partial charge in [0, 0.05) is 5.56 Å². The van der Waals surface area contributed by atoms with E-state index in [1.807, 2.05) is 0 Å². The van der Waals surface area contributed by atoms with Crippen LogP contribution in [-0.2, 0) is 19.6 Å². The van der Waals surface area contributed by atoms with E-state index in [1.165, 1.54) is 24.3 Å². The molecule has 0 heterocycles. The molecule has 0 aliphatic rings. The van der Waals surface area contributed by atoms with Crippen LogP contribution < -0.4 is 15.2 Å². The first-order valence-electron chi connectivity index (χ1n) is 10.5. The molecule has 11 heteroatoms. The van der Waals surface area contributed by atoms with Crippen LogP contribution in [0.4, 0.5) is 5.69 Å². The molecule has 186 valence electrons. The van der Waals surface area contributed by atoms with Gasteiger partial charge in [0.25, 0.3) is 21.8 Å². The van der Waals surface area contributed by atoms with Crippen LogP contribution >= 0.6 is 11.6 Å². The number of amides is 2. The van der Waals surface area contributed by atoms with Gasteiger partial charge in [-0.1, -0.05) is 54.1 Å². The summed E-state index contributed by atoms with van der Waals surface area (Å²) in [6.07, 6.45) is 1.41. The van der Waals surface area contributed by atoms with Crippen molar-refractivity contribution < 1.29 is 27.5 Å². The third-order valence-electron chi connectivity index (χ3n) is 4.76. The highest BCUT2D eigenvalue weighted by atomic mass is 35.5. The Bertz CT molecular complexity index is 1380. The first-order valence-corrected chi connectivity index (χ1v) is 12.4. The summed E-state index contributed by atoms with van der Waals surface area (Å²) in [7, 11) is -4.13. The standard InChI is InChI=1S/C25H22ClN3O6S/c1-2-15-29(22-14-7-6-13-21(22)26)36(33,34)20-12-8-11-19(16-20)25(32)35-17-23(30)27-28-24(31)18-9-4-3-5-10-18/h2-14,16H,1,15,17H2,(H,27,30)(H,28,31). The number of benzene rings is 3. The van der Waals surface area contributed by atoms with Crippen LogP contribution in [0, 0.1) is 0 Å². The van der Waals surface area contributed by atoms with Crippen molar-refractivity contribution in [3.8, 4) is 0 Å². The number of para-hydroxylation sites is 1. The third kappa shape index (κ3) is 6.49. The molecule has 0 spiro atoms. The van der Waals surface area contributed by atoms with Gasteiger partial charge in [0.1, 0.15) is 0 Å². The summed E-state index contributed by atoms with van der Waals surface area (Å²) in [4.78, 5) is 36.2. The zero-order chi connectivity index (χ0) is 26.1. The topological polar surface area (TPSA) is 122 Å². The SMILES string of the molecule is C=CCN(c1ccccc1Cl)S(=O)(=O)c1cccc(C(=O)OCC(=O)NNC(=O)c2ccccc2)c1. The number of nitrogens with zero attached hydrogens (tertiary/aromatic N) is 1. The number of nitrogens with one attached hydrogen (secondary N) is 2. The van der Waals surface area contributed by atoms with E-state index in [2.05, 4.69) is 17.4 Å². The monoisotopic (exact) mass is 527 g/mol. The largest absolute Gasteiger partial charge is 0.452 e. The molecule has 0 bridgehead atoms. The molecule has 3 aromatic rings. The highest BCUT2D eigenvalue weighted by molar-refractivity contribution is 7.92. The average Bonchev–Trinajstić information content (AvgIpc) is 2.90. The summed E-state index contributed by atoms with van der Waals surface area (Å²) in [5.74, 6) is -2.26. The molecule has 0 aliphatic carbocycles. The number of hydrogen-bond donors (Lipinski definition) is 2. The molecule has 2 N–H and O–H groups in total. The second-order valence-corrected chi connectivity index (χ2v) is 9.52. The minimum atomic E-state index is -4.13. The van der Waals surface area contributed by atoms with Gasteiger partial charge in [-0.3, -0.25) is 24.7 Å². The number of carbonyl (C=O) groups excluding carboxylic acids is 3. The Kier molecular flexibility index (Phi) is 8.82. The Hall–Kier alpha value is -4.15. The van der Waals surface area contributed by atoms with Gasteiger partial charge in [0.2, 0.25) is 0 Å². The number of hydrazine groups is 1. The van der Waals surface area contributed by atoms with Crippen molar-refractivity contribution in [2.45, 2.75) is 4.90 Å². The first kappa shape index (κ1) is 26.5. The van der Waals surface area contributed by atoms with Gasteiger partial charge in [-0.05, 0) is 42.5 Å². The van der Waals surface area contributed by atoms with Crippen molar-refractivity contribution in [2.75, 3.05) is 17.5 Å². The van der Waals surface area contributed by atoms with E-state index in [1.54, 1.807) is 54.6 Å². The van der Waals surface area contributed by atoms with Crippen LogP contribution in [0.1, 0.15) is 20.7 Å². The minimum absolute atomic E-state index is 0.0599. The number of esters is 1.